The second-order valence-corrected chi connectivity index (χ2v) is 5.44. The minimum absolute atomic E-state index is 0.390. The Kier molecular flexibility index (Phi) is 3.02. The molecule has 1 aliphatic rings. The number of nitrogens with one attached hydrogen (secondary N) is 1. The number of nitrogens with zero attached hydrogens (tertiary/aromatic N) is 4. The number of hydrazine groups is 1. The van der Waals surface area contributed by atoms with E-state index in [1.54, 1.807) is 6.20 Å². The smallest absolute Gasteiger partial charge is 0.180 e. The average molecular weight is 260 g/mol. The summed E-state index contributed by atoms with van der Waals surface area (Å²) in [5.41, 5.74) is 3.51. The van der Waals surface area contributed by atoms with Crippen molar-refractivity contribution in [3.05, 3.63) is 18.6 Å². The zero-order valence-electron chi connectivity index (χ0n) is 11.4. The highest BCUT2D eigenvalue weighted by Crippen LogP contribution is 2.33. The first-order valence-electron chi connectivity index (χ1n) is 6.76. The van der Waals surface area contributed by atoms with Gasteiger partial charge >= 0.3 is 0 Å². The second kappa shape index (κ2) is 4.70. The molecule has 0 atom stereocenters. The number of imidazole rings is 1. The number of hydrogen-bond acceptors (Lipinski definition) is 5. The zero-order valence-corrected chi connectivity index (χ0v) is 11.4. The van der Waals surface area contributed by atoms with Gasteiger partial charge in [-0.2, -0.15) is 0 Å². The quantitative estimate of drug-likeness (QED) is 0.631. The van der Waals surface area contributed by atoms with Crippen molar-refractivity contribution in [2.45, 2.75) is 32.7 Å². The van der Waals surface area contributed by atoms with E-state index in [0.717, 1.165) is 23.9 Å². The van der Waals surface area contributed by atoms with Crippen LogP contribution < -0.4 is 16.2 Å². The van der Waals surface area contributed by atoms with E-state index < -0.39 is 0 Å². The Balaban J connectivity index is 2.06. The lowest BCUT2D eigenvalue weighted by atomic mass is 10.2. The number of aromatic nitrogens is 3. The lowest BCUT2D eigenvalue weighted by Gasteiger charge is -2.28. The molecule has 6 heteroatoms. The molecule has 0 bridgehead atoms. The number of nitrogen functional groups attached to an aromatic ring is 1. The van der Waals surface area contributed by atoms with Crippen LogP contribution in [0.3, 0.4) is 0 Å². The van der Waals surface area contributed by atoms with Crippen LogP contribution in [0.5, 0.6) is 0 Å². The maximum atomic E-state index is 5.50. The van der Waals surface area contributed by atoms with Crippen LogP contribution in [0.4, 0.5) is 11.6 Å². The summed E-state index contributed by atoms with van der Waals surface area (Å²) in [4.78, 5) is 11.3. The molecule has 0 unspecified atom stereocenters. The molecular formula is C13H20N6. The van der Waals surface area contributed by atoms with Crippen LogP contribution in [0, 0.1) is 5.92 Å². The molecule has 0 spiro atoms. The van der Waals surface area contributed by atoms with Crippen LogP contribution in [0.1, 0.15) is 26.7 Å². The first-order chi connectivity index (χ1) is 9.19. The highest BCUT2D eigenvalue weighted by molar-refractivity contribution is 5.67. The van der Waals surface area contributed by atoms with Crippen LogP contribution in [0.2, 0.25) is 0 Å². The van der Waals surface area contributed by atoms with E-state index in [9.17, 15) is 0 Å². The third-order valence-corrected chi connectivity index (χ3v) is 3.55. The molecule has 0 aromatic carbocycles. The highest BCUT2D eigenvalue weighted by atomic mass is 15.3. The van der Waals surface area contributed by atoms with Gasteiger partial charge < -0.3 is 14.7 Å². The molecule has 0 saturated heterocycles. The fourth-order valence-corrected chi connectivity index (χ4v) is 2.30. The predicted octanol–water partition coefficient (Wildman–Crippen LogP) is 1.64. The van der Waals surface area contributed by atoms with Gasteiger partial charge in [-0.3, -0.25) is 0 Å². The number of hydrogen-bond donors (Lipinski definition) is 2. The van der Waals surface area contributed by atoms with Crippen molar-refractivity contribution in [2.24, 2.45) is 11.8 Å². The van der Waals surface area contributed by atoms with Crippen molar-refractivity contribution in [3.8, 4) is 0 Å². The van der Waals surface area contributed by atoms with Crippen molar-refractivity contribution in [1.82, 2.24) is 14.4 Å². The predicted molar refractivity (Wildman–Crippen MR) is 76.0 cm³/mol. The molecular weight excluding hydrogens is 240 g/mol. The molecule has 1 fully saturated rings. The van der Waals surface area contributed by atoms with Gasteiger partial charge in [-0.05, 0) is 32.6 Å². The first-order valence-corrected chi connectivity index (χ1v) is 6.76. The standard InChI is InChI=1S/C13H20N6/c1-9(2)19(7-10-3-4-10)13-12-15-5-6-18(12)8-11(16-13)17-14/h5-6,8-10,17H,3-4,7,14H2,1-2H3. The minimum atomic E-state index is 0.390. The van der Waals surface area contributed by atoms with Gasteiger partial charge in [0.25, 0.3) is 0 Å². The molecule has 0 radical (unpaired) electrons. The number of nitrogens with two attached hydrogens (primary N) is 1. The van der Waals surface area contributed by atoms with Crippen molar-refractivity contribution in [1.29, 1.82) is 0 Å². The maximum Gasteiger partial charge on any atom is 0.180 e. The zero-order chi connectivity index (χ0) is 13.4. The summed E-state index contributed by atoms with van der Waals surface area (Å²) in [6.07, 6.45) is 8.19. The molecule has 2 aromatic heterocycles. The van der Waals surface area contributed by atoms with Gasteiger partial charge in [-0.25, -0.2) is 15.8 Å². The Morgan fingerprint density at radius 2 is 2.32 bits per heavy atom. The van der Waals surface area contributed by atoms with Gasteiger partial charge in [-0.15, -0.1) is 0 Å². The van der Waals surface area contributed by atoms with Crippen molar-refractivity contribution in [3.63, 3.8) is 0 Å². The molecule has 2 aromatic rings. The normalized spacial score (nSPS) is 15.2. The second-order valence-electron chi connectivity index (χ2n) is 5.44. The summed E-state index contributed by atoms with van der Waals surface area (Å²) in [5.74, 6) is 7.86. The Hall–Kier alpha value is -1.82. The van der Waals surface area contributed by atoms with Crippen LogP contribution >= 0.6 is 0 Å². The topological polar surface area (TPSA) is 71.5 Å². The van der Waals surface area contributed by atoms with Gasteiger partial charge in [-0.1, -0.05) is 0 Å². The fraction of sp³-hybridized carbons (Fsp3) is 0.538. The maximum absolute atomic E-state index is 5.50. The van der Waals surface area contributed by atoms with Crippen molar-refractivity contribution < 1.29 is 0 Å². The summed E-state index contributed by atoms with van der Waals surface area (Å²) >= 11 is 0. The fourth-order valence-electron chi connectivity index (χ4n) is 2.30. The monoisotopic (exact) mass is 260 g/mol. The molecule has 1 aliphatic carbocycles. The Bertz CT molecular complexity index is 572. The summed E-state index contributed by atoms with van der Waals surface area (Å²) < 4.78 is 1.96. The van der Waals surface area contributed by atoms with Gasteiger partial charge in [0, 0.05) is 25.0 Å². The van der Waals surface area contributed by atoms with E-state index >= 15 is 0 Å². The largest absolute Gasteiger partial charge is 0.351 e. The van der Waals surface area contributed by atoms with Crippen LogP contribution in [0.15, 0.2) is 18.6 Å². The molecule has 3 N–H and O–H groups in total. The number of anilines is 2. The van der Waals surface area contributed by atoms with Crippen molar-refractivity contribution in [2.75, 3.05) is 16.9 Å². The van der Waals surface area contributed by atoms with Gasteiger partial charge in [0.15, 0.2) is 17.3 Å². The number of fused-ring (bicyclic) bond motifs is 1. The third-order valence-electron chi connectivity index (χ3n) is 3.55. The highest BCUT2D eigenvalue weighted by Gasteiger charge is 2.27. The molecule has 6 nitrogen and oxygen atoms in total. The summed E-state index contributed by atoms with van der Waals surface area (Å²) in [6.45, 7) is 5.42. The van der Waals surface area contributed by atoms with Gasteiger partial charge in [0.1, 0.15) is 0 Å². The molecule has 2 heterocycles. The van der Waals surface area contributed by atoms with Crippen LogP contribution in [-0.4, -0.2) is 27.0 Å². The van der Waals surface area contributed by atoms with Gasteiger partial charge in [0.05, 0.1) is 6.20 Å². The third kappa shape index (κ3) is 2.35. The van der Waals surface area contributed by atoms with Crippen LogP contribution in [0.25, 0.3) is 5.65 Å². The molecule has 3 rings (SSSR count). The van der Waals surface area contributed by atoms with E-state index in [4.69, 9.17) is 5.84 Å². The van der Waals surface area contributed by atoms with E-state index in [2.05, 4.69) is 34.1 Å². The average Bonchev–Trinajstić information content (AvgIpc) is 3.09. The summed E-state index contributed by atoms with van der Waals surface area (Å²) in [7, 11) is 0. The molecule has 0 aliphatic heterocycles. The summed E-state index contributed by atoms with van der Waals surface area (Å²) in [6, 6.07) is 0.390. The SMILES string of the molecule is CC(C)N(CC1CC1)c1nc(NN)cn2ccnc12. The van der Waals surface area contributed by atoms with E-state index in [-0.39, 0.29) is 0 Å². The lowest BCUT2D eigenvalue weighted by molar-refractivity contribution is 0.637. The van der Waals surface area contributed by atoms with Gasteiger partial charge in [0.2, 0.25) is 0 Å². The van der Waals surface area contributed by atoms with E-state index in [1.165, 1.54) is 12.8 Å². The molecule has 1 saturated carbocycles. The molecule has 19 heavy (non-hydrogen) atoms. The summed E-state index contributed by atoms with van der Waals surface area (Å²) in [5, 5.41) is 0. The Labute approximate surface area is 112 Å². The van der Waals surface area contributed by atoms with E-state index in [0.29, 0.717) is 11.9 Å². The Morgan fingerprint density at radius 3 is 2.95 bits per heavy atom. The lowest BCUT2D eigenvalue weighted by Crippen LogP contribution is -2.34. The Morgan fingerprint density at radius 1 is 1.53 bits per heavy atom. The van der Waals surface area contributed by atoms with Crippen LogP contribution in [-0.2, 0) is 0 Å². The van der Waals surface area contributed by atoms with E-state index in [1.807, 2.05) is 16.8 Å². The van der Waals surface area contributed by atoms with Crippen molar-refractivity contribution >= 4 is 17.3 Å². The number of rotatable bonds is 5. The minimum Gasteiger partial charge on any atom is -0.351 e. The first kappa shape index (κ1) is 12.2. The molecule has 0 amide bonds. The molecule has 102 valence electrons.